The predicted molar refractivity (Wildman–Crippen MR) is 72.1 cm³/mol. The fraction of sp³-hybridized carbons (Fsp3) is 0.867. The van der Waals surface area contributed by atoms with Crippen molar-refractivity contribution in [3.05, 3.63) is 0 Å². The standard InChI is InChI=1S/C15H24N2O/c1-3-9(2)15(18)17-16-14-12-5-10-4-11(7-12)8-13(14)6-10/h9-13H,3-8H2,1-2H3,(H,17,18). The van der Waals surface area contributed by atoms with Crippen LogP contribution in [-0.4, -0.2) is 11.6 Å². The van der Waals surface area contributed by atoms with Crippen LogP contribution in [0.2, 0.25) is 0 Å². The highest BCUT2D eigenvalue weighted by atomic mass is 16.2. The van der Waals surface area contributed by atoms with Crippen LogP contribution in [0.4, 0.5) is 0 Å². The zero-order chi connectivity index (χ0) is 12.7. The summed E-state index contributed by atoms with van der Waals surface area (Å²) in [5.41, 5.74) is 4.13. The monoisotopic (exact) mass is 248 g/mol. The molecule has 0 heterocycles. The lowest BCUT2D eigenvalue weighted by Crippen LogP contribution is -2.46. The number of nitrogens with one attached hydrogen (secondary N) is 1. The molecule has 4 aliphatic carbocycles. The molecule has 3 nitrogen and oxygen atoms in total. The van der Waals surface area contributed by atoms with Gasteiger partial charge in [0.15, 0.2) is 0 Å². The summed E-state index contributed by atoms with van der Waals surface area (Å²) in [4.78, 5) is 11.8. The van der Waals surface area contributed by atoms with E-state index in [4.69, 9.17) is 0 Å². The van der Waals surface area contributed by atoms with E-state index in [0.29, 0.717) is 11.8 Å². The quantitative estimate of drug-likeness (QED) is 0.766. The smallest absolute Gasteiger partial charge is 0.242 e. The van der Waals surface area contributed by atoms with Crippen LogP contribution in [0.1, 0.15) is 52.4 Å². The van der Waals surface area contributed by atoms with Crippen molar-refractivity contribution < 1.29 is 4.79 Å². The molecule has 1 amide bonds. The molecule has 4 aliphatic rings. The molecule has 4 saturated carbocycles. The van der Waals surface area contributed by atoms with Crippen LogP contribution in [0.15, 0.2) is 5.10 Å². The van der Waals surface area contributed by atoms with Gasteiger partial charge in [0.1, 0.15) is 0 Å². The van der Waals surface area contributed by atoms with Crippen LogP contribution < -0.4 is 5.43 Å². The Morgan fingerprint density at radius 2 is 1.78 bits per heavy atom. The molecule has 4 rings (SSSR count). The van der Waals surface area contributed by atoms with Gasteiger partial charge in [-0.25, -0.2) is 5.43 Å². The summed E-state index contributed by atoms with van der Waals surface area (Å²) in [7, 11) is 0. The van der Waals surface area contributed by atoms with E-state index in [2.05, 4.69) is 10.5 Å². The normalized spacial score (nSPS) is 38.7. The molecule has 0 spiro atoms. The van der Waals surface area contributed by atoms with Gasteiger partial charge in [0.05, 0.1) is 0 Å². The number of hydrazone groups is 1. The SMILES string of the molecule is CCC(C)C(=O)NN=C1C2CC3CC(C2)CC1C3. The van der Waals surface area contributed by atoms with E-state index in [1.54, 1.807) is 0 Å². The van der Waals surface area contributed by atoms with Crippen molar-refractivity contribution in [1.29, 1.82) is 0 Å². The van der Waals surface area contributed by atoms with Gasteiger partial charge < -0.3 is 0 Å². The first-order valence-electron chi connectivity index (χ1n) is 7.54. The minimum Gasteiger partial charge on any atom is -0.273 e. The van der Waals surface area contributed by atoms with Crippen LogP contribution in [0, 0.1) is 29.6 Å². The lowest BCUT2D eigenvalue weighted by Gasteiger charge is -2.50. The molecule has 1 N–H and O–H groups in total. The van der Waals surface area contributed by atoms with Gasteiger partial charge in [-0.3, -0.25) is 4.79 Å². The third kappa shape index (κ3) is 2.08. The van der Waals surface area contributed by atoms with Crippen molar-refractivity contribution in [2.75, 3.05) is 0 Å². The maximum absolute atomic E-state index is 11.8. The topological polar surface area (TPSA) is 41.5 Å². The number of carbonyl (C=O) groups is 1. The fourth-order valence-corrected chi connectivity index (χ4v) is 4.26. The van der Waals surface area contributed by atoms with Crippen molar-refractivity contribution in [2.24, 2.45) is 34.7 Å². The summed E-state index contributed by atoms with van der Waals surface area (Å²) in [6, 6.07) is 0. The summed E-state index contributed by atoms with van der Waals surface area (Å²) < 4.78 is 0. The number of hydrogen-bond donors (Lipinski definition) is 1. The molecule has 1 unspecified atom stereocenters. The second kappa shape index (κ2) is 4.67. The summed E-state index contributed by atoms with van der Waals surface area (Å²) in [6.07, 6.45) is 7.64. The molecule has 3 heteroatoms. The highest BCUT2D eigenvalue weighted by molar-refractivity contribution is 5.92. The first-order chi connectivity index (χ1) is 8.67. The Kier molecular flexibility index (Phi) is 3.16. The molecule has 4 fully saturated rings. The summed E-state index contributed by atoms with van der Waals surface area (Å²) >= 11 is 0. The molecule has 1 atom stereocenters. The average Bonchev–Trinajstić information content (AvgIpc) is 2.35. The third-order valence-corrected chi connectivity index (χ3v) is 5.33. The predicted octanol–water partition coefficient (Wildman–Crippen LogP) is 2.96. The number of hydrogen-bond acceptors (Lipinski definition) is 2. The first kappa shape index (κ1) is 12.2. The Balaban J connectivity index is 1.67. The Bertz CT molecular complexity index is 345. The molecule has 0 aromatic rings. The third-order valence-electron chi connectivity index (χ3n) is 5.33. The molecule has 0 radical (unpaired) electrons. The largest absolute Gasteiger partial charge is 0.273 e. The van der Waals surface area contributed by atoms with Crippen LogP contribution >= 0.6 is 0 Å². The van der Waals surface area contributed by atoms with Gasteiger partial charge in [0.2, 0.25) is 5.91 Å². The summed E-state index contributed by atoms with van der Waals surface area (Å²) in [5, 5.41) is 4.51. The van der Waals surface area contributed by atoms with E-state index in [1.165, 1.54) is 37.8 Å². The summed E-state index contributed by atoms with van der Waals surface area (Å²) in [5.74, 6) is 3.43. The van der Waals surface area contributed by atoms with Crippen LogP contribution in [0.5, 0.6) is 0 Å². The van der Waals surface area contributed by atoms with E-state index < -0.39 is 0 Å². The van der Waals surface area contributed by atoms with Gasteiger partial charge in [0.25, 0.3) is 0 Å². The van der Waals surface area contributed by atoms with Gasteiger partial charge in [-0.1, -0.05) is 13.8 Å². The van der Waals surface area contributed by atoms with Crippen molar-refractivity contribution in [3.63, 3.8) is 0 Å². The van der Waals surface area contributed by atoms with E-state index in [9.17, 15) is 4.79 Å². The lowest BCUT2D eigenvalue weighted by molar-refractivity contribution is -0.124. The van der Waals surface area contributed by atoms with Crippen molar-refractivity contribution in [1.82, 2.24) is 5.43 Å². The highest BCUT2D eigenvalue weighted by Crippen LogP contribution is 2.52. The molecule has 0 aliphatic heterocycles. The van der Waals surface area contributed by atoms with E-state index in [-0.39, 0.29) is 11.8 Å². The minimum absolute atomic E-state index is 0.0752. The van der Waals surface area contributed by atoms with Gasteiger partial charge in [-0.05, 0) is 62.2 Å². The molecule has 100 valence electrons. The number of carbonyl (C=O) groups excluding carboxylic acids is 1. The van der Waals surface area contributed by atoms with Crippen LogP contribution in [-0.2, 0) is 4.79 Å². The molecule has 0 saturated heterocycles. The van der Waals surface area contributed by atoms with E-state index in [1.807, 2.05) is 13.8 Å². The molecule has 4 bridgehead atoms. The van der Waals surface area contributed by atoms with Gasteiger partial charge in [0, 0.05) is 11.6 Å². The van der Waals surface area contributed by atoms with Crippen molar-refractivity contribution in [2.45, 2.75) is 52.4 Å². The van der Waals surface area contributed by atoms with Crippen molar-refractivity contribution >= 4 is 11.6 Å². The zero-order valence-electron chi connectivity index (χ0n) is 11.5. The van der Waals surface area contributed by atoms with Gasteiger partial charge >= 0.3 is 0 Å². The Morgan fingerprint density at radius 3 is 2.28 bits per heavy atom. The zero-order valence-corrected chi connectivity index (χ0v) is 11.5. The highest BCUT2D eigenvalue weighted by Gasteiger charge is 2.46. The molecule has 18 heavy (non-hydrogen) atoms. The average molecular weight is 248 g/mol. The summed E-state index contributed by atoms with van der Waals surface area (Å²) in [6.45, 7) is 4.01. The maximum atomic E-state index is 11.8. The van der Waals surface area contributed by atoms with E-state index in [0.717, 1.165) is 18.3 Å². The molecule has 0 aromatic heterocycles. The molecule has 0 aromatic carbocycles. The Hall–Kier alpha value is -0.860. The Labute approximate surface area is 109 Å². The number of nitrogens with zero attached hydrogens (tertiary/aromatic N) is 1. The maximum Gasteiger partial charge on any atom is 0.242 e. The Morgan fingerprint density at radius 1 is 1.22 bits per heavy atom. The fourth-order valence-electron chi connectivity index (χ4n) is 4.26. The van der Waals surface area contributed by atoms with E-state index >= 15 is 0 Å². The minimum atomic E-state index is 0.0752. The molecular formula is C15H24N2O. The second-order valence-electron chi connectivity index (χ2n) is 6.63. The van der Waals surface area contributed by atoms with Crippen molar-refractivity contribution in [3.8, 4) is 0 Å². The van der Waals surface area contributed by atoms with Crippen LogP contribution in [0.3, 0.4) is 0 Å². The van der Waals surface area contributed by atoms with Gasteiger partial charge in [-0.2, -0.15) is 5.10 Å². The first-order valence-corrected chi connectivity index (χ1v) is 7.54. The van der Waals surface area contributed by atoms with Gasteiger partial charge in [-0.15, -0.1) is 0 Å². The number of rotatable bonds is 3. The van der Waals surface area contributed by atoms with Crippen LogP contribution in [0.25, 0.3) is 0 Å². The lowest BCUT2D eigenvalue weighted by atomic mass is 9.55. The second-order valence-corrected chi connectivity index (χ2v) is 6.63. The number of amides is 1. The molecular weight excluding hydrogens is 224 g/mol.